The van der Waals surface area contributed by atoms with E-state index in [1.807, 2.05) is 20.8 Å². The molecule has 0 spiro atoms. The van der Waals surface area contributed by atoms with Crippen molar-refractivity contribution in [1.82, 2.24) is 5.32 Å². The summed E-state index contributed by atoms with van der Waals surface area (Å²) in [4.78, 5) is 11.3. The van der Waals surface area contributed by atoms with Crippen molar-refractivity contribution in [2.24, 2.45) is 11.7 Å². The van der Waals surface area contributed by atoms with E-state index in [9.17, 15) is 4.79 Å². The predicted octanol–water partition coefficient (Wildman–Crippen LogP) is 0.513. The van der Waals surface area contributed by atoms with Gasteiger partial charge in [-0.3, -0.25) is 4.79 Å². The van der Waals surface area contributed by atoms with Gasteiger partial charge in [-0.1, -0.05) is 13.8 Å². The average Bonchev–Trinajstić information content (AvgIpc) is 2.16. The van der Waals surface area contributed by atoms with Crippen LogP contribution in [0, 0.1) is 5.92 Å². The molecule has 0 saturated carbocycles. The summed E-state index contributed by atoms with van der Waals surface area (Å²) in [7, 11) is 0. The van der Waals surface area contributed by atoms with Gasteiger partial charge in [0.2, 0.25) is 5.91 Å². The van der Waals surface area contributed by atoms with E-state index in [0.717, 1.165) is 13.0 Å². The second-order valence-electron chi connectivity index (χ2n) is 3.61. The number of carbonyl (C=O) groups excluding carboxylic acids is 1. The van der Waals surface area contributed by atoms with Crippen molar-refractivity contribution in [2.75, 3.05) is 19.8 Å². The molecule has 0 saturated heterocycles. The highest BCUT2D eigenvalue weighted by atomic mass is 16.5. The first kappa shape index (κ1) is 13.4. The Balaban J connectivity index is 3.44. The Morgan fingerprint density at radius 1 is 1.50 bits per heavy atom. The predicted molar refractivity (Wildman–Crippen MR) is 56.9 cm³/mol. The topological polar surface area (TPSA) is 64.3 Å². The van der Waals surface area contributed by atoms with E-state index in [-0.39, 0.29) is 11.8 Å². The molecule has 4 nitrogen and oxygen atoms in total. The largest absolute Gasteiger partial charge is 0.382 e. The zero-order valence-electron chi connectivity index (χ0n) is 9.38. The van der Waals surface area contributed by atoms with Gasteiger partial charge in [0, 0.05) is 19.8 Å². The molecule has 4 heteroatoms. The molecule has 0 rings (SSSR count). The molecule has 1 amide bonds. The lowest BCUT2D eigenvalue weighted by Gasteiger charge is -2.15. The molecule has 0 aliphatic rings. The summed E-state index contributed by atoms with van der Waals surface area (Å²) >= 11 is 0. The van der Waals surface area contributed by atoms with Gasteiger partial charge in [-0.05, 0) is 19.3 Å². The van der Waals surface area contributed by atoms with Crippen LogP contribution in [0.15, 0.2) is 0 Å². The number of nitrogens with two attached hydrogens (primary N) is 1. The fourth-order valence-electron chi connectivity index (χ4n) is 0.951. The summed E-state index contributed by atoms with van der Waals surface area (Å²) < 4.78 is 5.14. The summed E-state index contributed by atoms with van der Waals surface area (Å²) in [5.74, 6) is 0.110. The second kappa shape index (κ2) is 7.76. The number of carbonyl (C=O) groups is 1. The lowest BCUT2D eigenvalue weighted by molar-refractivity contribution is -0.123. The summed E-state index contributed by atoms with van der Waals surface area (Å²) in [6, 6.07) is -0.401. The van der Waals surface area contributed by atoms with Gasteiger partial charge in [0.1, 0.15) is 0 Å². The molecular weight excluding hydrogens is 180 g/mol. The maximum atomic E-state index is 11.3. The highest BCUT2D eigenvalue weighted by Crippen LogP contribution is 1.97. The Labute approximate surface area is 86.2 Å². The lowest BCUT2D eigenvalue weighted by Crippen LogP contribution is -2.44. The molecule has 0 heterocycles. The molecule has 0 aliphatic carbocycles. The fraction of sp³-hybridized carbons (Fsp3) is 0.900. The summed E-state index contributed by atoms with van der Waals surface area (Å²) in [5.41, 5.74) is 5.66. The molecule has 1 atom stereocenters. The molecule has 0 bridgehead atoms. The van der Waals surface area contributed by atoms with Gasteiger partial charge in [0.05, 0.1) is 6.04 Å². The minimum atomic E-state index is -0.401. The molecule has 84 valence electrons. The van der Waals surface area contributed by atoms with Crippen LogP contribution in [0.4, 0.5) is 0 Å². The Bertz CT molecular complexity index is 160. The van der Waals surface area contributed by atoms with Crippen LogP contribution in [-0.4, -0.2) is 31.7 Å². The molecule has 0 aliphatic heterocycles. The first-order valence-corrected chi connectivity index (χ1v) is 5.20. The Morgan fingerprint density at radius 3 is 2.64 bits per heavy atom. The SMILES string of the molecule is CCOCCCNC(=O)C(N)C(C)C. The number of amides is 1. The summed E-state index contributed by atoms with van der Waals surface area (Å²) in [5, 5.41) is 2.78. The number of ether oxygens (including phenoxy) is 1. The molecule has 1 unspecified atom stereocenters. The molecule has 0 aromatic carbocycles. The third-order valence-corrected chi connectivity index (χ3v) is 1.99. The highest BCUT2D eigenvalue weighted by Gasteiger charge is 2.15. The van der Waals surface area contributed by atoms with Gasteiger partial charge in [0.15, 0.2) is 0 Å². The van der Waals surface area contributed by atoms with Crippen LogP contribution in [0.3, 0.4) is 0 Å². The minimum absolute atomic E-state index is 0.0727. The average molecular weight is 202 g/mol. The van der Waals surface area contributed by atoms with E-state index in [4.69, 9.17) is 10.5 Å². The number of rotatable bonds is 7. The van der Waals surface area contributed by atoms with Crippen LogP contribution >= 0.6 is 0 Å². The van der Waals surface area contributed by atoms with Crippen molar-refractivity contribution in [2.45, 2.75) is 33.2 Å². The van der Waals surface area contributed by atoms with E-state index in [2.05, 4.69) is 5.32 Å². The maximum absolute atomic E-state index is 11.3. The van der Waals surface area contributed by atoms with E-state index in [1.165, 1.54) is 0 Å². The lowest BCUT2D eigenvalue weighted by atomic mass is 10.1. The molecule has 0 fully saturated rings. The first-order chi connectivity index (χ1) is 6.59. The van der Waals surface area contributed by atoms with E-state index < -0.39 is 6.04 Å². The van der Waals surface area contributed by atoms with Gasteiger partial charge in [-0.2, -0.15) is 0 Å². The zero-order valence-corrected chi connectivity index (χ0v) is 9.38. The Kier molecular flexibility index (Phi) is 7.42. The van der Waals surface area contributed by atoms with Crippen molar-refractivity contribution in [3.05, 3.63) is 0 Å². The van der Waals surface area contributed by atoms with Crippen molar-refractivity contribution in [1.29, 1.82) is 0 Å². The van der Waals surface area contributed by atoms with Gasteiger partial charge in [-0.15, -0.1) is 0 Å². The van der Waals surface area contributed by atoms with E-state index >= 15 is 0 Å². The third-order valence-electron chi connectivity index (χ3n) is 1.99. The Hall–Kier alpha value is -0.610. The quantitative estimate of drug-likeness (QED) is 0.591. The van der Waals surface area contributed by atoms with E-state index in [0.29, 0.717) is 13.2 Å². The summed E-state index contributed by atoms with van der Waals surface area (Å²) in [6.07, 6.45) is 0.838. The second-order valence-corrected chi connectivity index (χ2v) is 3.61. The molecule has 14 heavy (non-hydrogen) atoms. The van der Waals surface area contributed by atoms with Crippen LogP contribution in [0.1, 0.15) is 27.2 Å². The van der Waals surface area contributed by atoms with Crippen LogP contribution in [0.2, 0.25) is 0 Å². The normalized spacial score (nSPS) is 12.9. The van der Waals surface area contributed by atoms with E-state index in [1.54, 1.807) is 0 Å². The van der Waals surface area contributed by atoms with Crippen molar-refractivity contribution >= 4 is 5.91 Å². The van der Waals surface area contributed by atoms with Crippen LogP contribution < -0.4 is 11.1 Å². The van der Waals surface area contributed by atoms with Crippen molar-refractivity contribution in [3.8, 4) is 0 Å². The molecule has 3 N–H and O–H groups in total. The van der Waals surface area contributed by atoms with Crippen molar-refractivity contribution < 1.29 is 9.53 Å². The zero-order chi connectivity index (χ0) is 11.0. The van der Waals surface area contributed by atoms with Gasteiger partial charge in [-0.25, -0.2) is 0 Å². The molecule has 0 radical (unpaired) electrons. The molecular formula is C10H22N2O2. The van der Waals surface area contributed by atoms with Gasteiger partial charge in [0.25, 0.3) is 0 Å². The molecule has 0 aromatic rings. The maximum Gasteiger partial charge on any atom is 0.237 e. The van der Waals surface area contributed by atoms with Crippen LogP contribution in [0.5, 0.6) is 0 Å². The summed E-state index contributed by atoms with van der Waals surface area (Å²) in [6.45, 7) is 7.87. The van der Waals surface area contributed by atoms with Crippen molar-refractivity contribution in [3.63, 3.8) is 0 Å². The third kappa shape index (κ3) is 5.94. The smallest absolute Gasteiger partial charge is 0.237 e. The molecule has 0 aromatic heterocycles. The fourth-order valence-corrected chi connectivity index (χ4v) is 0.951. The Morgan fingerprint density at radius 2 is 2.14 bits per heavy atom. The number of nitrogens with one attached hydrogen (secondary N) is 1. The first-order valence-electron chi connectivity index (χ1n) is 5.20. The van der Waals surface area contributed by atoms with Crippen LogP contribution in [0.25, 0.3) is 0 Å². The number of hydrogen-bond acceptors (Lipinski definition) is 3. The number of hydrogen-bond donors (Lipinski definition) is 2. The van der Waals surface area contributed by atoms with Gasteiger partial charge < -0.3 is 15.8 Å². The van der Waals surface area contributed by atoms with Crippen LogP contribution in [-0.2, 0) is 9.53 Å². The minimum Gasteiger partial charge on any atom is -0.382 e. The van der Waals surface area contributed by atoms with Gasteiger partial charge >= 0.3 is 0 Å². The standard InChI is InChI=1S/C10H22N2O2/c1-4-14-7-5-6-12-10(13)9(11)8(2)3/h8-9H,4-7,11H2,1-3H3,(H,12,13). The highest BCUT2D eigenvalue weighted by molar-refractivity contribution is 5.81. The monoisotopic (exact) mass is 202 g/mol.